The quantitative estimate of drug-likeness (QED) is 0.360. The fraction of sp³-hybridized carbons (Fsp3) is 0.0870. The summed E-state index contributed by atoms with van der Waals surface area (Å²) in [5.41, 5.74) is 3.73. The fourth-order valence-electron chi connectivity index (χ4n) is 3.03. The van der Waals surface area contributed by atoms with Crippen LogP contribution in [0.25, 0.3) is 22.4 Å². The Morgan fingerprint density at radius 3 is 2.41 bits per heavy atom. The zero-order chi connectivity index (χ0) is 22.3. The summed E-state index contributed by atoms with van der Waals surface area (Å²) in [4.78, 5) is 17.5. The maximum atomic E-state index is 8.84. The lowest BCUT2D eigenvalue weighted by molar-refractivity contribution is 1.02. The molecule has 3 heterocycles. The van der Waals surface area contributed by atoms with Crippen molar-refractivity contribution < 1.29 is 0 Å². The summed E-state index contributed by atoms with van der Waals surface area (Å²) in [5.74, 6) is 1.16. The Bertz CT molecular complexity index is 1260. The molecule has 2 N–H and O–H groups in total. The number of anilines is 2. The van der Waals surface area contributed by atoms with E-state index in [-0.39, 0.29) is 0 Å². The molecule has 0 saturated heterocycles. The molecule has 4 rings (SSSR count). The lowest BCUT2D eigenvalue weighted by Crippen LogP contribution is -2.16. The Balaban J connectivity index is 1.53. The summed E-state index contributed by atoms with van der Waals surface area (Å²) in [5, 5.41) is 16.3. The SMILES string of the molecule is N#Cc1ccc(NCCNc2ncc(-c3ccncc3)c(-c3ccc(Cl)cc3Cl)n2)nc1. The lowest BCUT2D eigenvalue weighted by atomic mass is 10.0. The van der Waals surface area contributed by atoms with E-state index >= 15 is 0 Å². The predicted molar refractivity (Wildman–Crippen MR) is 127 cm³/mol. The van der Waals surface area contributed by atoms with Crippen LogP contribution in [0, 0.1) is 11.3 Å². The van der Waals surface area contributed by atoms with E-state index in [4.69, 9.17) is 33.4 Å². The van der Waals surface area contributed by atoms with Crippen LogP contribution in [-0.2, 0) is 0 Å². The molecule has 0 radical (unpaired) electrons. The third kappa shape index (κ3) is 5.11. The predicted octanol–water partition coefficient (Wildman–Crippen LogP) is 5.30. The molecule has 0 amide bonds. The number of pyridine rings is 2. The summed E-state index contributed by atoms with van der Waals surface area (Å²) in [6, 6.07) is 14.6. The Hall–Kier alpha value is -3.73. The van der Waals surface area contributed by atoms with Crippen LogP contribution >= 0.6 is 23.2 Å². The van der Waals surface area contributed by atoms with Crippen molar-refractivity contribution in [2.24, 2.45) is 0 Å². The molecule has 4 aromatic rings. The van der Waals surface area contributed by atoms with Gasteiger partial charge >= 0.3 is 0 Å². The van der Waals surface area contributed by atoms with Crippen LogP contribution in [0.3, 0.4) is 0 Å². The van der Waals surface area contributed by atoms with Gasteiger partial charge in [0.25, 0.3) is 0 Å². The monoisotopic (exact) mass is 461 g/mol. The van der Waals surface area contributed by atoms with E-state index in [0.29, 0.717) is 46.2 Å². The molecule has 0 aliphatic rings. The smallest absolute Gasteiger partial charge is 0.223 e. The van der Waals surface area contributed by atoms with Crippen molar-refractivity contribution in [3.8, 4) is 28.5 Å². The molecule has 0 aliphatic heterocycles. The standard InChI is InChI=1S/C23H17Cl2N7/c24-17-2-3-18(20(25)11-17)22-19(16-5-7-27-8-6-16)14-31-23(32-22)29-10-9-28-21-4-1-15(12-26)13-30-21/h1-8,11,13-14H,9-10H2,(H,28,30)(H,29,31,32). The van der Waals surface area contributed by atoms with Gasteiger partial charge in [0, 0.05) is 54.0 Å². The molecule has 3 aromatic heterocycles. The van der Waals surface area contributed by atoms with Gasteiger partial charge in [0.2, 0.25) is 5.95 Å². The molecule has 0 saturated carbocycles. The van der Waals surface area contributed by atoms with E-state index in [1.165, 1.54) is 6.20 Å². The van der Waals surface area contributed by atoms with E-state index in [1.807, 2.05) is 24.3 Å². The lowest BCUT2D eigenvalue weighted by Gasteiger charge is -2.13. The summed E-state index contributed by atoms with van der Waals surface area (Å²) >= 11 is 12.6. The minimum Gasteiger partial charge on any atom is -0.368 e. The van der Waals surface area contributed by atoms with Crippen molar-refractivity contribution in [1.82, 2.24) is 19.9 Å². The van der Waals surface area contributed by atoms with E-state index in [9.17, 15) is 0 Å². The van der Waals surface area contributed by atoms with Gasteiger partial charge in [-0.2, -0.15) is 5.26 Å². The number of halogens is 2. The maximum absolute atomic E-state index is 8.84. The van der Waals surface area contributed by atoms with E-state index in [0.717, 1.165) is 16.7 Å². The topological polar surface area (TPSA) is 99.4 Å². The average molecular weight is 462 g/mol. The van der Waals surface area contributed by atoms with Crippen LogP contribution in [0.15, 0.2) is 67.3 Å². The van der Waals surface area contributed by atoms with Gasteiger partial charge in [-0.15, -0.1) is 0 Å². The first-order valence-corrected chi connectivity index (χ1v) is 10.5. The normalized spacial score (nSPS) is 10.4. The highest BCUT2D eigenvalue weighted by Crippen LogP contribution is 2.35. The van der Waals surface area contributed by atoms with Crippen molar-refractivity contribution >= 4 is 35.0 Å². The van der Waals surface area contributed by atoms with Crippen LogP contribution in [-0.4, -0.2) is 33.0 Å². The molecule has 7 nitrogen and oxygen atoms in total. The van der Waals surface area contributed by atoms with Crippen molar-refractivity contribution in [2.75, 3.05) is 23.7 Å². The van der Waals surface area contributed by atoms with Gasteiger partial charge in [0.15, 0.2) is 0 Å². The Morgan fingerprint density at radius 2 is 1.69 bits per heavy atom. The van der Waals surface area contributed by atoms with Gasteiger partial charge in [-0.3, -0.25) is 4.98 Å². The highest BCUT2D eigenvalue weighted by molar-refractivity contribution is 6.36. The van der Waals surface area contributed by atoms with Crippen molar-refractivity contribution in [3.05, 3.63) is 82.9 Å². The highest BCUT2D eigenvalue weighted by Gasteiger charge is 2.14. The number of hydrogen-bond donors (Lipinski definition) is 2. The molecular weight excluding hydrogens is 445 g/mol. The summed E-state index contributed by atoms with van der Waals surface area (Å²) in [6.45, 7) is 1.15. The molecule has 0 aliphatic carbocycles. The Kier molecular flexibility index (Phi) is 6.75. The average Bonchev–Trinajstić information content (AvgIpc) is 2.83. The van der Waals surface area contributed by atoms with Crippen LogP contribution < -0.4 is 10.6 Å². The van der Waals surface area contributed by atoms with E-state index in [2.05, 4.69) is 25.6 Å². The van der Waals surface area contributed by atoms with Crippen LogP contribution in [0.5, 0.6) is 0 Å². The van der Waals surface area contributed by atoms with Crippen molar-refractivity contribution in [2.45, 2.75) is 0 Å². The largest absolute Gasteiger partial charge is 0.368 e. The number of rotatable bonds is 7. The molecule has 1 aromatic carbocycles. The van der Waals surface area contributed by atoms with Crippen LogP contribution in [0.1, 0.15) is 5.56 Å². The summed E-state index contributed by atoms with van der Waals surface area (Å²) in [6.07, 6.45) is 6.73. The van der Waals surface area contributed by atoms with Gasteiger partial charge in [-0.05, 0) is 48.0 Å². The maximum Gasteiger partial charge on any atom is 0.223 e. The first-order chi connectivity index (χ1) is 15.6. The number of nitrogens with one attached hydrogen (secondary N) is 2. The third-order valence-corrected chi connectivity index (χ3v) is 5.12. The molecule has 9 heteroatoms. The molecule has 158 valence electrons. The van der Waals surface area contributed by atoms with Crippen molar-refractivity contribution in [3.63, 3.8) is 0 Å². The van der Waals surface area contributed by atoms with Crippen LogP contribution in [0.4, 0.5) is 11.8 Å². The first kappa shape index (κ1) is 21.5. The number of hydrogen-bond acceptors (Lipinski definition) is 7. The second-order valence-corrected chi connectivity index (χ2v) is 7.56. The second-order valence-electron chi connectivity index (χ2n) is 6.71. The zero-order valence-electron chi connectivity index (χ0n) is 16.8. The van der Waals surface area contributed by atoms with E-state index in [1.54, 1.807) is 42.9 Å². The summed E-state index contributed by atoms with van der Waals surface area (Å²) < 4.78 is 0. The molecule has 32 heavy (non-hydrogen) atoms. The fourth-order valence-corrected chi connectivity index (χ4v) is 3.52. The number of benzene rings is 1. The van der Waals surface area contributed by atoms with E-state index < -0.39 is 0 Å². The third-order valence-electron chi connectivity index (χ3n) is 4.57. The van der Waals surface area contributed by atoms with Gasteiger partial charge < -0.3 is 10.6 Å². The molecule has 0 atom stereocenters. The second kappa shape index (κ2) is 10.1. The Labute approximate surface area is 195 Å². The van der Waals surface area contributed by atoms with Crippen LogP contribution in [0.2, 0.25) is 10.0 Å². The number of nitriles is 1. The number of nitrogens with zero attached hydrogens (tertiary/aromatic N) is 5. The molecule has 0 bridgehead atoms. The molecular formula is C23H17Cl2N7. The zero-order valence-corrected chi connectivity index (χ0v) is 18.3. The van der Waals surface area contributed by atoms with Crippen molar-refractivity contribution in [1.29, 1.82) is 5.26 Å². The first-order valence-electron chi connectivity index (χ1n) is 9.71. The summed E-state index contributed by atoms with van der Waals surface area (Å²) in [7, 11) is 0. The van der Waals surface area contributed by atoms with Gasteiger partial charge in [-0.1, -0.05) is 23.2 Å². The highest BCUT2D eigenvalue weighted by atomic mass is 35.5. The van der Waals surface area contributed by atoms with Gasteiger partial charge in [0.05, 0.1) is 16.3 Å². The molecule has 0 fully saturated rings. The minimum atomic E-state index is 0.471. The van der Waals surface area contributed by atoms with Gasteiger partial charge in [0.1, 0.15) is 11.9 Å². The minimum absolute atomic E-state index is 0.471. The molecule has 0 unspecified atom stereocenters. The van der Waals surface area contributed by atoms with Gasteiger partial charge in [-0.25, -0.2) is 15.0 Å². The molecule has 0 spiro atoms. The number of aromatic nitrogens is 4. The Morgan fingerprint density at radius 1 is 0.875 bits per heavy atom.